The second-order valence-corrected chi connectivity index (χ2v) is 8.33. The van der Waals surface area contributed by atoms with Crippen LogP contribution in [0.25, 0.3) is 16.3 Å². The number of nitrogens with zero attached hydrogens (tertiary/aromatic N) is 2. The van der Waals surface area contributed by atoms with Crippen molar-refractivity contribution in [3.05, 3.63) is 56.5 Å². The van der Waals surface area contributed by atoms with Crippen LogP contribution in [-0.2, 0) is 0 Å². The van der Waals surface area contributed by atoms with Crippen LogP contribution in [0.1, 0.15) is 33.8 Å². The van der Waals surface area contributed by atoms with E-state index in [4.69, 9.17) is 28.9 Å². The molecule has 0 aliphatic heterocycles. The molecular formula is C20H15Cl2N3OS. The van der Waals surface area contributed by atoms with Gasteiger partial charge in [-0.3, -0.25) is 4.79 Å². The molecule has 0 saturated heterocycles. The first-order chi connectivity index (χ1) is 12.9. The minimum atomic E-state index is -0.581. The molecule has 2 heterocycles. The number of halogens is 2. The van der Waals surface area contributed by atoms with Gasteiger partial charge >= 0.3 is 0 Å². The van der Waals surface area contributed by atoms with Crippen molar-refractivity contribution in [2.45, 2.75) is 19.8 Å². The molecule has 1 saturated carbocycles. The normalized spacial score (nSPS) is 13.3. The Balaban J connectivity index is 1.86. The average Bonchev–Trinajstić information content (AvgIpc) is 3.22. The van der Waals surface area contributed by atoms with E-state index in [2.05, 4.69) is 16.9 Å². The number of primary amides is 1. The van der Waals surface area contributed by atoms with Crippen LogP contribution < -0.4 is 5.73 Å². The second-order valence-electron chi connectivity index (χ2n) is 6.40. The van der Waals surface area contributed by atoms with E-state index in [1.807, 2.05) is 19.1 Å². The van der Waals surface area contributed by atoms with Gasteiger partial charge in [-0.1, -0.05) is 35.0 Å². The molecule has 3 aromatic rings. The Bertz CT molecular complexity index is 1120. The van der Waals surface area contributed by atoms with Crippen molar-refractivity contribution in [3.63, 3.8) is 0 Å². The lowest BCUT2D eigenvalue weighted by molar-refractivity contribution is 0.0994. The zero-order valence-corrected chi connectivity index (χ0v) is 16.8. The summed E-state index contributed by atoms with van der Waals surface area (Å²) in [4.78, 5) is 13.8. The van der Waals surface area contributed by atoms with E-state index in [0.717, 1.165) is 15.4 Å². The number of thiophene rings is 1. The van der Waals surface area contributed by atoms with Crippen LogP contribution in [0.5, 0.6) is 0 Å². The van der Waals surface area contributed by atoms with Gasteiger partial charge in [0.1, 0.15) is 0 Å². The maximum atomic E-state index is 11.9. The quantitative estimate of drug-likeness (QED) is 0.606. The first-order valence-corrected chi connectivity index (χ1v) is 9.98. The van der Waals surface area contributed by atoms with Gasteiger partial charge in [-0.25, -0.2) is 4.68 Å². The van der Waals surface area contributed by atoms with Gasteiger partial charge in [0.25, 0.3) is 5.91 Å². The van der Waals surface area contributed by atoms with E-state index in [1.165, 1.54) is 12.8 Å². The van der Waals surface area contributed by atoms with Crippen molar-refractivity contribution in [2.24, 2.45) is 11.7 Å². The van der Waals surface area contributed by atoms with Gasteiger partial charge < -0.3 is 5.73 Å². The summed E-state index contributed by atoms with van der Waals surface area (Å²) >= 11 is 14.0. The van der Waals surface area contributed by atoms with Crippen LogP contribution in [0, 0.1) is 24.7 Å². The molecule has 0 bridgehead atoms. The molecule has 0 unspecified atom stereocenters. The Kier molecular flexibility index (Phi) is 4.73. The highest BCUT2D eigenvalue weighted by molar-refractivity contribution is 7.16. The molecule has 2 aromatic heterocycles. The summed E-state index contributed by atoms with van der Waals surface area (Å²) in [6.07, 6.45) is 2.38. The molecule has 2 N–H and O–H groups in total. The van der Waals surface area contributed by atoms with Gasteiger partial charge in [0.15, 0.2) is 5.69 Å². The summed E-state index contributed by atoms with van der Waals surface area (Å²) in [5, 5.41) is 5.39. The largest absolute Gasteiger partial charge is 0.364 e. The van der Waals surface area contributed by atoms with E-state index in [-0.39, 0.29) is 5.69 Å². The second kappa shape index (κ2) is 7.05. The van der Waals surface area contributed by atoms with Crippen LogP contribution in [0.4, 0.5) is 0 Å². The zero-order valence-electron chi connectivity index (χ0n) is 14.4. The van der Waals surface area contributed by atoms with Gasteiger partial charge in [0, 0.05) is 16.5 Å². The Labute approximate surface area is 170 Å². The molecule has 1 amide bonds. The summed E-state index contributed by atoms with van der Waals surface area (Å²) in [5.41, 5.74) is 7.85. The molecule has 7 heteroatoms. The molecule has 0 atom stereocenters. The molecule has 136 valence electrons. The third-order valence-corrected chi connectivity index (χ3v) is 5.85. The minimum Gasteiger partial charge on any atom is -0.364 e. The molecular weight excluding hydrogens is 401 g/mol. The summed E-state index contributed by atoms with van der Waals surface area (Å²) < 4.78 is 1.65. The number of carbonyl (C=O) groups is 1. The van der Waals surface area contributed by atoms with E-state index in [9.17, 15) is 4.79 Å². The Morgan fingerprint density at radius 1 is 1.30 bits per heavy atom. The first kappa shape index (κ1) is 18.1. The van der Waals surface area contributed by atoms with Gasteiger partial charge in [0.05, 0.1) is 26.2 Å². The molecule has 0 spiro atoms. The van der Waals surface area contributed by atoms with Crippen molar-refractivity contribution in [1.82, 2.24) is 9.78 Å². The van der Waals surface area contributed by atoms with E-state index >= 15 is 0 Å². The number of benzene rings is 1. The first-order valence-electron chi connectivity index (χ1n) is 8.40. The van der Waals surface area contributed by atoms with Gasteiger partial charge in [-0.05, 0) is 50.1 Å². The smallest absolute Gasteiger partial charge is 0.269 e. The molecule has 4 nitrogen and oxygen atoms in total. The maximum absolute atomic E-state index is 11.9. The highest BCUT2D eigenvalue weighted by Gasteiger charge is 2.23. The topological polar surface area (TPSA) is 60.9 Å². The number of rotatable bonds is 3. The van der Waals surface area contributed by atoms with Crippen molar-refractivity contribution < 1.29 is 4.79 Å². The van der Waals surface area contributed by atoms with Crippen molar-refractivity contribution in [2.75, 3.05) is 0 Å². The zero-order chi connectivity index (χ0) is 19.1. The van der Waals surface area contributed by atoms with Crippen LogP contribution >= 0.6 is 34.5 Å². The van der Waals surface area contributed by atoms with Crippen LogP contribution in [0.2, 0.25) is 10.0 Å². The molecule has 1 aromatic carbocycles. The highest BCUT2D eigenvalue weighted by atomic mass is 35.5. The predicted octanol–water partition coefficient (Wildman–Crippen LogP) is 5.08. The number of aromatic nitrogens is 2. The number of hydrogen-bond donors (Lipinski definition) is 1. The SMILES string of the molecule is Cc1c(C(N)=O)nn(-c2ccc(Cl)cc2Cl)c1-c1ccc(C#CC2CC2)s1. The van der Waals surface area contributed by atoms with Gasteiger partial charge in [-0.15, -0.1) is 11.3 Å². The number of hydrogen-bond acceptors (Lipinski definition) is 3. The van der Waals surface area contributed by atoms with Crippen LogP contribution in [-0.4, -0.2) is 15.7 Å². The third-order valence-electron chi connectivity index (χ3n) is 4.31. The van der Waals surface area contributed by atoms with Crippen molar-refractivity contribution in [3.8, 4) is 28.1 Å². The summed E-state index contributed by atoms with van der Waals surface area (Å²) in [6.45, 7) is 1.83. The molecule has 1 aliphatic carbocycles. The van der Waals surface area contributed by atoms with Gasteiger partial charge in [-0.2, -0.15) is 5.10 Å². The van der Waals surface area contributed by atoms with Crippen molar-refractivity contribution >= 4 is 40.4 Å². The molecule has 27 heavy (non-hydrogen) atoms. The predicted molar refractivity (Wildman–Crippen MR) is 110 cm³/mol. The summed E-state index contributed by atoms with van der Waals surface area (Å²) in [7, 11) is 0. The van der Waals surface area contributed by atoms with Crippen LogP contribution in [0.3, 0.4) is 0 Å². The van der Waals surface area contributed by atoms with Gasteiger partial charge in [0.2, 0.25) is 0 Å². The average molecular weight is 416 g/mol. The lowest BCUT2D eigenvalue weighted by Crippen LogP contribution is -2.13. The fourth-order valence-corrected chi connectivity index (χ4v) is 4.22. The number of carbonyl (C=O) groups excluding carboxylic acids is 1. The Hall–Kier alpha value is -2.26. The van der Waals surface area contributed by atoms with E-state index in [1.54, 1.807) is 34.2 Å². The fraction of sp³-hybridized carbons (Fsp3) is 0.200. The van der Waals surface area contributed by atoms with E-state index in [0.29, 0.717) is 27.2 Å². The highest BCUT2D eigenvalue weighted by Crippen LogP contribution is 2.36. The molecule has 1 aliphatic rings. The Morgan fingerprint density at radius 3 is 2.74 bits per heavy atom. The maximum Gasteiger partial charge on any atom is 0.269 e. The number of amides is 1. The summed E-state index contributed by atoms with van der Waals surface area (Å²) in [6, 6.07) is 9.11. The number of nitrogens with two attached hydrogens (primary N) is 1. The molecule has 0 radical (unpaired) electrons. The van der Waals surface area contributed by atoms with Crippen molar-refractivity contribution in [1.29, 1.82) is 0 Å². The Morgan fingerprint density at radius 2 is 2.07 bits per heavy atom. The standard InChI is InChI=1S/C20H15Cl2N3OS/c1-11-18(20(23)26)24-25(16-8-5-13(21)10-15(16)22)19(11)17-9-7-14(27-17)6-4-12-2-3-12/h5,7-10,12H,2-3H2,1H3,(H2,23,26). The lowest BCUT2D eigenvalue weighted by atomic mass is 10.1. The summed E-state index contributed by atoms with van der Waals surface area (Å²) in [5.74, 6) is 6.45. The molecule has 4 rings (SSSR count). The third kappa shape index (κ3) is 3.61. The van der Waals surface area contributed by atoms with Crippen LogP contribution in [0.15, 0.2) is 30.3 Å². The van der Waals surface area contributed by atoms with E-state index < -0.39 is 5.91 Å². The lowest BCUT2D eigenvalue weighted by Gasteiger charge is -2.09. The molecule has 1 fully saturated rings. The minimum absolute atomic E-state index is 0.218. The fourth-order valence-electron chi connectivity index (χ4n) is 2.78. The monoisotopic (exact) mass is 415 g/mol.